The van der Waals surface area contributed by atoms with Crippen LogP contribution in [0.3, 0.4) is 0 Å². The molecule has 0 fully saturated rings. The molecule has 0 amide bonds. The Labute approximate surface area is 107 Å². The van der Waals surface area contributed by atoms with Gasteiger partial charge in [0.1, 0.15) is 17.1 Å². The maximum absolute atomic E-state index is 10.9. The van der Waals surface area contributed by atoms with Crippen LogP contribution in [-0.4, -0.2) is 17.6 Å². The normalized spacial score (nSPS) is 14.8. The largest absolute Gasteiger partial charge is 0.478 e. The zero-order chi connectivity index (χ0) is 13.0. The lowest BCUT2D eigenvalue weighted by Crippen LogP contribution is -2.14. The lowest BCUT2D eigenvalue weighted by atomic mass is 10.2. The highest BCUT2D eigenvalue weighted by Gasteiger charge is 2.13. The smallest absolute Gasteiger partial charge is 0.339 e. The Hall–Kier alpha value is -1.55. The van der Waals surface area contributed by atoms with Gasteiger partial charge in [-0.3, -0.25) is 0 Å². The molecule has 0 saturated carbocycles. The second kappa shape index (κ2) is 5.87. The molecule has 1 heterocycles. The van der Waals surface area contributed by atoms with E-state index in [9.17, 15) is 4.79 Å². The number of carbonyl (C=O) groups is 1. The van der Waals surface area contributed by atoms with E-state index >= 15 is 0 Å². The maximum Gasteiger partial charge on any atom is 0.339 e. The second-order valence-electron chi connectivity index (χ2n) is 4.67. The molecule has 4 heteroatoms. The zero-order valence-corrected chi connectivity index (χ0v) is 10.7. The van der Waals surface area contributed by atoms with Gasteiger partial charge in [0.2, 0.25) is 0 Å². The fourth-order valence-electron chi connectivity index (χ4n) is 2.27. The van der Waals surface area contributed by atoms with Crippen LogP contribution in [0.5, 0.6) is 0 Å². The summed E-state index contributed by atoms with van der Waals surface area (Å²) in [6.07, 6.45) is 7.13. The molecule has 2 N–H and O–H groups in total. The molecule has 2 rings (SSSR count). The molecule has 4 nitrogen and oxygen atoms in total. The van der Waals surface area contributed by atoms with E-state index in [4.69, 9.17) is 9.52 Å². The summed E-state index contributed by atoms with van der Waals surface area (Å²) in [6, 6.07) is 1.60. The van der Waals surface area contributed by atoms with Gasteiger partial charge in [-0.25, -0.2) is 4.79 Å². The lowest BCUT2D eigenvalue weighted by Gasteiger charge is -2.03. The van der Waals surface area contributed by atoms with Crippen molar-refractivity contribution in [2.45, 2.75) is 39.2 Å². The molecule has 1 aromatic heterocycles. The summed E-state index contributed by atoms with van der Waals surface area (Å²) >= 11 is 0. The van der Waals surface area contributed by atoms with E-state index in [0.717, 1.165) is 13.0 Å². The summed E-state index contributed by atoms with van der Waals surface area (Å²) in [4.78, 5) is 10.9. The summed E-state index contributed by atoms with van der Waals surface area (Å²) in [5.41, 5.74) is 1.79. The summed E-state index contributed by atoms with van der Waals surface area (Å²) in [7, 11) is 0. The van der Waals surface area contributed by atoms with E-state index in [1.807, 2.05) is 0 Å². The molecule has 0 unspecified atom stereocenters. The molecule has 0 aliphatic heterocycles. The Kier molecular flexibility index (Phi) is 4.20. The fraction of sp³-hybridized carbons (Fsp3) is 0.500. The number of furan rings is 1. The topological polar surface area (TPSA) is 62.5 Å². The van der Waals surface area contributed by atoms with Crippen molar-refractivity contribution in [3.63, 3.8) is 0 Å². The Morgan fingerprint density at radius 1 is 1.56 bits per heavy atom. The van der Waals surface area contributed by atoms with E-state index in [2.05, 4.69) is 11.4 Å². The van der Waals surface area contributed by atoms with E-state index in [-0.39, 0.29) is 5.56 Å². The number of aromatic carboxylic acids is 1. The molecule has 0 aromatic carbocycles. The van der Waals surface area contributed by atoms with Gasteiger partial charge in [0.25, 0.3) is 0 Å². The molecule has 18 heavy (non-hydrogen) atoms. The minimum atomic E-state index is -0.932. The lowest BCUT2D eigenvalue weighted by molar-refractivity contribution is 0.0695. The van der Waals surface area contributed by atoms with Gasteiger partial charge in [0, 0.05) is 0 Å². The van der Waals surface area contributed by atoms with E-state index in [0.29, 0.717) is 18.1 Å². The molecular formula is C14H19NO3. The molecule has 0 spiro atoms. The van der Waals surface area contributed by atoms with Gasteiger partial charge in [-0.1, -0.05) is 11.6 Å². The van der Waals surface area contributed by atoms with Crippen molar-refractivity contribution in [1.82, 2.24) is 5.32 Å². The average molecular weight is 249 g/mol. The SMILES string of the molecule is Cc1oc(CNCCC2=CCCC2)cc1C(=O)O. The Bertz CT molecular complexity index is 460. The van der Waals surface area contributed by atoms with Gasteiger partial charge >= 0.3 is 5.97 Å². The molecule has 1 aromatic rings. The van der Waals surface area contributed by atoms with Crippen LogP contribution in [0.25, 0.3) is 0 Å². The van der Waals surface area contributed by atoms with Crippen molar-refractivity contribution in [2.24, 2.45) is 0 Å². The molecule has 98 valence electrons. The van der Waals surface area contributed by atoms with Crippen molar-refractivity contribution >= 4 is 5.97 Å². The first kappa shape index (κ1) is 12.9. The average Bonchev–Trinajstić information content (AvgIpc) is 2.94. The van der Waals surface area contributed by atoms with E-state index in [1.165, 1.54) is 24.8 Å². The third kappa shape index (κ3) is 3.23. The highest BCUT2D eigenvalue weighted by atomic mass is 16.4. The Morgan fingerprint density at radius 2 is 2.39 bits per heavy atom. The number of nitrogens with one attached hydrogen (secondary N) is 1. The van der Waals surface area contributed by atoms with Crippen molar-refractivity contribution < 1.29 is 14.3 Å². The van der Waals surface area contributed by atoms with Crippen LogP contribution in [0, 0.1) is 6.92 Å². The third-order valence-electron chi connectivity index (χ3n) is 3.26. The first-order valence-electron chi connectivity index (χ1n) is 6.38. The standard InChI is InChI=1S/C14H19NO3/c1-10-13(14(16)17)8-12(18-10)9-15-7-6-11-4-2-3-5-11/h4,8,15H,2-3,5-7,9H2,1H3,(H,16,17). The van der Waals surface area contributed by atoms with Gasteiger partial charge < -0.3 is 14.8 Å². The predicted octanol–water partition coefficient (Wildman–Crippen LogP) is 2.88. The van der Waals surface area contributed by atoms with Crippen LogP contribution in [-0.2, 0) is 6.54 Å². The highest BCUT2D eigenvalue weighted by molar-refractivity contribution is 5.88. The van der Waals surface area contributed by atoms with Crippen molar-refractivity contribution in [3.8, 4) is 0 Å². The number of carboxylic acid groups (broad SMARTS) is 1. The molecule has 1 aliphatic rings. The maximum atomic E-state index is 10.9. The van der Waals surface area contributed by atoms with Gasteiger partial charge in [0.15, 0.2) is 0 Å². The van der Waals surface area contributed by atoms with Crippen LogP contribution in [0.2, 0.25) is 0 Å². The highest BCUT2D eigenvalue weighted by Crippen LogP contribution is 2.20. The van der Waals surface area contributed by atoms with E-state index < -0.39 is 5.97 Å². The third-order valence-corrected chi connectivity index (χ3v) is 3.26. The Balaban J connectivity index is 1.76. The monoisotopic (exact) mass is 249 g/mol. The predicted molar refractivity (Wildman–Crippen MR) is 68.7 cm³/mol. The van der Waals surface area contributed by atoms with Crippen LogP contribution in [0.1, 0.15) is 47.6 Å². The molecule has 0 atom stereocenters. The van der Waals surface area contributed by atoms with Gasteiger partial charge in [-0.15, -0.1) is 0 Å². The summed E-state index contributed by atoms with van der Waals surface area (Å²) < 4.78 is 5.39. The van der Waals surface area contributed by atoms with Gasteiger partial charge in [-0.2, -0.15) is 0 Å². The van der Waals surface area contributed by atoms with Crippen molar-refractivity contribution in [2.75, 3.05) is 6.54 Å². The summed E-state index contributed by atoms with van der Waals surface area (Å²) in [5, 5.41) is 12.2. The second-order valence-corrected chi connectivity index (χ2v) is 4.67. The van der Waals surface area contributed by atoms with Crippen molar-refractivity contribution in [3.05, 3.63) is 34.8 Å². The van der Waals surface area contributed by atoms with Gasteiger partial charge in [-0.05, 0) is 45.2 Å². The molecule has 0 radical (unpaired) electrons. The molecular weight excluding hydrogens is 230 g/mol. The summed E-state index contributed by atoms with van der Waals surface area (Å²) in [6.45, 7) is 3.17. The molecule has 0 bridgehead atoms. The van der Waals surface area contributed by atoms with Crippen LogP contribution >= 0.6 is 0 Å². The van der Waals surface area contributed by atoms with E-state index in [1.54, 1.807) is 13.0 Å². The number of hydrogen-bond acceptors (Lipinski definition) is 3. The van der Waals surface area contributed by atoms with Crippen LogP contribution in [0.15, 0.2) is 22.1 Å². The first-order valence-corrected chi connectivity index (χ1v) is 6.38. The zero-order valence-electron chi connectivity index (χ0n) is 10.7. The fourth-order valence-corrected chi connectivity index (χ4v) is 2.27. The minimum Gasteiger partial charge on any atom is -0.478 e. The number of aryl methyl sites for hydroxylation is 1. The van der Waals surface area contributed by atoms with Crippen LogP contribution in [0.4, 0.5) is 0 Å². The Morgan fingerprint density at radius 3 is 3.00 bits per heavy atom. The number of hydrogen-bond donors (Lipinski definition) is 2. The summed E-state index contributed by atoms with van der Waals surface area (Å²) in [5.74, 6) is 0.224. The minimum absolute atomic E-state index is 0.255. The van der Waals surface area contributed by atoms with Crippen LogP contribution < -0.4 is 5.32 Å². The van der Waals surface area contributed by atoms with Gasteiger partial charge in [0.05, 0.1) is 6.54 Å². The quantitative estimate of drug-likeness (QED) is 0.601. The molecule has 1 aliphatic carbocycles. The first-order chi connectivity index (χ1) is 8.66. The number of carboxylic acids is 1. The van der Waals surface area contributed by atoms with Crippen molar-refractivity contribution in [1.29, 1.82) is 0 Å². The molecule has 0 saturated heterocycles. The number of rotatable bonds is 6. The number of allylic oxidation sites excluding steroid dienone is 1.